The van der Waals surface area contributed by atoms with Crippen LogP contribution in [0.3, 0.4) is 0 Å². The summed E-state index contributed by atoms with van der Waals surface area (Å²) in [5.74, 6) is 1.51. The molecule has 1 N–H and O–H groups in total. The van der Waals surface area contributed by atoms with Gasteiger partial charge in [-0.1, -0.05) is 83.0 Å². The minimum atomic E-state index is -0.293. The summed E-state index contributed by atoms with van der Waals surface area (Å²) in [6.45, 7) is 4.19. The molecule has 0 bridgehead atoms. The summed E-state index contributed by atoms with van der Waals surface area (Å²) in [6.07, 6.45) is 1.70. The predicted molar refractivity (Wildman–Crippen MR) is 138 cm³/mol. The largest absolute Gasteiger partial charge is 0.480 e. The molecule has 3 aromatic carbocycles. The number of aryl methyl sites for hydroxylation is 2. The first-order valence-corrected chi connectivity index (χ1v) is 12.7. The van der Waals surface area contributed by atoms with E-state index in [9.17, 15) is 0 Å². The lowest BCUT2D eigenvalue weighted by atomic mass is 9.84. The molecule has 0 amide bonds. The van der Waals surface area contributed by atoms with Gasteiger partial charge in [0.2, 0.25) is 11.1 Å². The fourth-order valence-corrected chi connectivity index (χ4v) is 5.17. The first kappa shape index (κ1) is 21.3. The maximum absolute atomic E-state index is 6.68. The van der Waals surface area contributed by atoms with Gasteiger partial charge in [0, 0.05) is 16.2 Å². The van der Waals surface area contributed by atoms with Gasteiger partial charge in [0.25, 0.3) is 0 Å². The van der Waals surface area contributed by atoms with Gasteiger partial charge < -0.3 is 10.1 Å². The third-order valence-corrected chi connectivity index (χ3v) is 7.14. The highest BCUT2D eigenvalue weighted by atomic mass is 35.5. The minimum absolute atomic E-state index is 0.182. The summed E-state index contributed by atoms with van der Waals surface area (Å²) < 4.78 is 8.66. The Morgan fingerprint density at radius 1 is 0.941 bits per heavy atom. The van der Waals surface area contributed by atoms with E-state index in [0.29, 0.717) is 11.0 Å². The van der Waals surface area contributed by atoms with Gasteiger partial charge in [-0.25, -0.2) is 4.68 Å². The molecule has 0 radical (unpaired) electrons. The van der Waals surface area contributed by atoms with Crippen molar-refractivity contribution in [1.82, 2.24) is 14.8 Å². The minimum Gasteiger partial charge on any atom is -0.480 e. The van der Waals surface area contributed by atoms with Crippen LogP contribution in [0, 0.1) is 13.8 Å². The van der Waals surface area contributed by atoms with Crippen molar-refractivity contribution in [3.8, 4) is 5.75 Å². The molecule has 0 fully saturated rings. The normalized spacial score (nSPS) is 18.5. The summed E-state index contributed by atoms with van der Waals surface area (Å²) in [6, 6.07) is 22.7. The first-order valence-electron chi connectivity index (χ1n) is 11.1. The van der Waals surface area contributed by atoms with Gasteiger partial charge in [-0.2, -0.15) is 4.98 Å². The molecule has 3 heterocycles. The van der Waals surface area contributed by atoms with Crippen molar-refractivity contribution in [2.45, 2.75) is 31.1 Å². The Bertz CT molecular complexity index is 1430. The molecule has 2 atom stereocenters. The third kappa shape index (κ3) is 3.49. The smallest absolute Gasteiger partial charge is 0.227 e. The van der Waals surface area contributed by atoms with Crippen LogP contribution < -0.4 is 10.1 Å². The highest BCUT2D eigenvalue weighted by molar-refractivity contribution is 7.98. The van der Waals surface area contributed by atoms with E-state index in [1.54, 1.807) is 0 Å². The molecule has 7 heteroatoms. The van der Waals surface area contributed by atoms with E-state index >= 15 is 0 Å². The Morgan fingerprint density at radius 3 is 2.29 bits per heavy atom. The SMILES string of the molecule is CSc1nc2n(n1)[C@@H](c1ccc(C)cc1)C1=C(N2)c2cc(Cl)ccc2O[C@@H]1c1ccc(C)cc1. The molecular weight excluding hydrogens is 464 g/mol. The fourth-order valence-electron chi connectivity index (χ4n) is 4.65. The topological polar surface area (TPSA) is 52.0 Å². The number of nitrogens with zero attached hydrogens (tertiary/aromatic N) is 3. The van der Waals surface area contributed by atoms with Crippen molar-refractivity contribution in [2.75, 3.05) is 11.6 Å². The summed E-state index contributed by atoms with van der Waals surface area (Å²) in [5, 5.41) is 9.80. The zero-order chi connectivity index (χ0) is 23.4. The summed E-state index contributed by atoms with van der Waals surface area (Å²) >= 11 is 7.96. The maximum Gasteiger partial charge on any atom is 0.227 e. The van der Waals surface area contributed by atoms with Crippen molar-refractivity contribution in [3.05, 3.63) is 105 Å². The van der Waals surface area contributed by atoms with E-state index in [1.165, 1.54) is 22.9 Å². The lowest BCUT2D eigenvalue weighted by molar-refractivity contribution is 0.223. The summed E-state index contributed by atoms with van der Waals surface area (Å²) in [5.41, 5.74) is 7.64. The van der Waals surface area contributed by atoms with Gasteiger partial charge in [0.15, 0.2) is 0 Å². The lowest BCUT2D eigenvalue weighted by Crippen LogP contribution is -2.32. The highest BCUT2D eigenvalue weighted by Crippen LogP contribution is 2.51. The van der Waals surface area contributed by atoms with Crippen LogP contribution in [0.4, 0.5) is 5.95 Å². The van der Waals surface area contributed by atoms with E-state index in [0.717, 1.165) is 38.9 Å². The molecular formula is C27H23ClN4OS. The number of rotatable bonds is 3. The zero-order valence-electron chi connectivity index (χ0n) is 19.0. The van der Waals surface area contributed by atoms with Gasteiger partial charge in [0.1, 0.15) is 17.9 Å². The van der Waals surface area contributed by atoms with Crippen LogP contribution in [0.2, 0.25) is 5.02 Å². The highest BCUT2D eigenvalue weighted by Gasteiger charge is 2.41. The van der Waals surface area contributed by atoms with E-state index in [4.69, 9.17) is 26.4 Å². The van der Waals surface area contributed by atoms with Gasteiger partial charge in [0.05, 0.1) is 5.70 Å². The molecule has 1 aromatic heterocycles. The van der Waals surface area contributed by atoms with Crippen LogP contribution in [0.5, 0.6) is 5.75 Å². The van der Waals surface area contributed by atoms with Crippen molar-refractivity contribution < 1.29 is 4.74 Å². The Kier molecular flexibility index (Phi) is 5.15. The van der Waals surface area contributed by atoms with Crippen molar-refractivity contribution in [1.29, 1.82) is 0 Å². The second kappa shape index (κ2) is 8.22. The molecule has 6 rings (SSSR count). The molecule has 4 aromatic rings. The zero-order valence-corrected chi connectivity index (χ0v) is 20.6. The number of benzene rings is 3. The molecule has 5 nitrogen and oxygen atoms in total. The summed E-state index contributed by atoms with van der Waals surface area (Å²) in [4.78, 5) is 4.75. The van der Waals surface area contributed by atoms with E-state index in [2.05, 4.69) is 67.7 Å². The second-order valence-electron chi connectivity index (χ2n) is 8.68. The monoisotopic (exact) mass is 486 g/mol. The quantitative estimate of drug-likeness (QED) is 0.321. The van der Waals surface area contributed by atoms with Crippen LogP contribution in [0.15, 0.2) is 77.5 Å². The standard InChI is InChI=1S/C27H23ClN4OS/c1-15-4-8-17(9-5-15)24-22-23(29-26-30-27(34-3)31-32(24)26)20-14-19(28)12-13-21(20)33-25(22)18-10-6-16(2)7-11-18/h4-14,24-25H,1-3H3,(H,29,30,31)/t24-,25+/m0/s1. The number of fused-ring (bicyclic) bond motifs is 3. The van der Waals surface area contributed by atoms with E-state index < -0.39 is 0 Å². The average Bonchev–Trinajstić information content (AvgIpc) is 3.27. The Morgan fingerprint density at radius 2 is 1.62 bits per heavy atom. The van der Waals surface area contributed by atoms with Crippen molar-refractivity contribution in [3.63, 3.8) is 0 Å². The van der Waals surface area contributed by atoms with Gasteiger partial charge in [-0.3, -0.25) is 0 Å². The molecule has 2 aliphatic rings. The first-order chi connectivity index (χ1) is 16.5. The van der Waals surface area contributed by atoms with Crippen LogP contribution in [-0.4, -0.2) is 21.0 Å². The van der Waals surface area contributed by atoms with E-state index in [1.807, 2.05) is 29.1 Å². The molecule has 0 saturated carbocycles. The van der Waals surface area contributed by atoms with Crippen molar-refractivity contribution >= 4 is 35.0 Å². The van der Waals surface area contributed by atoms with E-state index in [-0.39, 0.29) is 12.1 Å². The summed E-state index contributed by atoms with van der Waals surface area (Å²) in [7, 11) is 0. The molecule has 0 spiro atoms. The number of ether oxygens (including phenoxy) is 1. The fraction of sp³-hybridized carbons (Fsp3) is 0.185. The average molecular weight is 487 g/mol. The van der Waals surface area contributed by atoms with Crippen LogP contribution in [0.1, 0.15) is 40.0 Å². The number of hydrogen-bond donors (Lipinski definition) is 1. The van der Waals surface area contributed by atoms with Gasteiger partial charge in [-0.15, -0.1) is 5.10 Å². The molecule has 0 saturated heterocycles. The van der Waals surface area contributed by atoms with Gasteiger partial charge in [-0.05, 0) is 49.4 Å². The van der Waals surface area contributed by atoms with Crippen LogP contribution in [0.25, 0.3) is 5.70 Å². The second-order valence-corrected chi connectivity index (χ2v) is 9.89. The van der Waals surface area contributed by atoms with Gasteiger partial charge >= 0.3 is 0 Å². The maximum atomic E-state index is 6.68. The predicted octanol–water partition coefficient (Wildman–Crippen LogP) is 6.83. The molecule has 34 heavy (non-hydrogen) atoms. The number of aromatic nitrogens is 3. The van der Waals surface area contributed by atoms with Crippen LogP contribution >= 0.6 is 23.4 Å². The number of thioether (sulfide) groups is 1. The number of halogens is 1. The number of nitrogens with one attached hydrogen (secondary N) is 1. The third-order valence-electron chi connectivity index (χ3n) is 6.37. The Labute approximate surface area is 207 Å². The number of anilines is 1. The lowest BCUT2D eigenvalue weighted by Gasteiger charge is -2.39. The molecule has 170 valence electrons. The van der Waals surface area contributed by atoms with Crippen LogP contribution in [-0.2, 0) is 0 Å². The molecule has 0 unspecified atom stereocenters. The Hall–Kier alpha value is -3.22. The Balaban J connectivity index is 1.63. The number of hydrogen-bond acceptors (Lipinski definition) is 5. The molecule has 2 aliphatic heterocycles. The molecule has 0 aliphatic carbocycles. The van der Waals surface area contributed by atoms with Crippen molar-refractivity contribution in [2.24, 2.45) is 0 Å².